The van der Waals surface area contributed by atoms with E-state index >= 15 is 0 Å². The second kappa shape index (κ2) is 14.7. The van der Waals surface area contributed by atoms with E-state index < -0.39 is 0 Å². The van der Waals surface area contributed by atoms with Gasteiger partial charge in [-0.2, -0.15) is 0 Å². The van der Waals surface area contributed by atoms with Crippen LogP contribution in [0.2, 0.25) is 0 Å². The highest BCUT2D eigenvalue weighted by Gasteiger charge is 2.26. The maximum Gasteiger partial charge on any atom is 0.237 e. The summed E-state index contributed by atoms with van der Waals surface area (Å²) in [6, 6.07) is -0.163. The monoisotopic (exact) mass is 386 g/mol. The molecule has 1 heterocycles. The van der Waals surface area contributed by atoms with Crippen LogP contribution >= 0.6 is 24.8 Å². The van der Waals surface area contributed by atoms with Gasteiger partial charge in [0.15, 0.2) is 0 Å². The van der Waals surface area contributed by atoms with Gasteiger partial charge < -0.3 is 20.7 Å². The van der Waals surface area contributed by atoms with Gasteiger partial charge in [0.25, 0.3) is 0 Å². The number of hydrogen-bond acceptors (Lipinski definition) is 5. The average molecular weight is 387 g/mol. The fourth-order valence-corrected chi connectivity index (χ4v) is 2.51. The van der Waals surface area contributed by atoms with E-state index in [0.717, 1.165) is 25.9 Å². The molecule has 0 aliphatic carbocycles. The standard InChI is InChI=1S/C15H30N4O3.2ClH/c1-13(15(21)17-7-4-12-22-2)18-8-10-19(11-9-18)14(20)5-3-6-16;;/h13H,3-12,16H2,1-2H3,(H,17,21);2*1H. The number of nitrogens with one attached hydrogen (secondary N) is 1. The number of carbonyl (C=O) groups is 2. The minimum atomic E-state index is -0.163. The average Bonchev–Trinajstić information content (AvgIpc) is 2.55. The first kappa shape index (κ1) is 25.6. The van der Waals surface area contributed by atoms with Gasteiger partial charge in [-0.05, 0) is 26.3 Å². The fourth-order valence-electron chi connectivity index (χ4n) is 2.51. The van der Waals surface area contributed by atoms with Crippen LogP contribution in [0.4, 0.5) is 0 Å². The van der Waals surface area contributed by atoms with Crippen LogP contribution in [-0.4, -0.2) is 80.6 Å². The van der Waals surface area contributed by atoms with Gasteiger partial charge in [0, 0.05) is 52.9 Å². The molecular formula is C15H32Cl2N4O3. The second-order valence-electron chi connectivity index (χ2n) is 5.62. The predicted octanol–water partition coefficient (Wildman–Crippen LogP) is 0.254. The number of ether oxygens (including phenoxy) is 1. The van der Waals surface area contributed by atoms with Crippen molar-refractivity contribution < 1.29 is 14.3 Å². The molecule has 1 saturated heterocycles. The van der Waals surface area contributed by atoms with Crippen LogP contribution in [0.1, 0.15) is 26.2 Å². The van der Waals surface area contributed by atoms with Gasteiger partial charge in [0.1, 0.15) is 0 Å². The Morgan fingerprint density at radius 1 is 1.17 bits per heavy atom. The Bertz CT molecular complexity index is 354. The Labute approximate surface area is 157 Å². The third kappa shape index (κ3) is 9.03. The number of methoxy groups -OCH3 is 1. The Morgan fingerprint density at radius 2 is 1.79 bits per heavy atom. The highest BCUT2D eigenvalue weighted by atomic mass is 35.5. The molecule has 0 aromatic carbocycles. The Balaban J connectivity index is 0. The molecule has 1 rings (SSSR count). The zero-order valence-electron chi connectivity index (χ0n) is 14.7. The molecule has 0 radical (unpaired) electrons. The molecule has 3 N–H and O–H groups in total. The van der Waals surface area contributed by atoms with E-state index in [-0.39, 0.29) is 42.7 Å². The van der Waals surface area contributed by atoms with E-state index in [4.69, 9.17) is 10.5 Å². The number of hydrogen-bond donors (Lipinski definition) is 2. The third-order valence-corrected chi connectivity index (χ3v) is 4.01. The van der Waals surface area contributed by atoms with E-state index in [9.17, 15) is 9.59 Å². The molecule has 0 saturated carbocycles. The van der Waals surface area contributed by atoms with E-state index in [1.165, 1.54) is 0 Å². The minimum Gasteiger partial charge on any atom is -0.385 e. The van der Waals surface area contributed by atoms with E-state index in [1.807, 2.05) is 11.8 Å². The Hall–Kier alpha value is -0.600. The van der Waals surface area contributed by atoms with Crippen molar-refractivity contribution in [3.63, 3.8) is 0 Å². The van der Waals surface area contributed by atoms with Crippen molar-refractivity contribution in [2.45, 2.75) is 32.2 Å². The van der Waals surface area contributed by atoms with Crippen molar-refractivity contribution in [3.05, 3.63) is 0 Å². The van der Waals surface area contributed by atoms with Crippen LogP contribution in [-0.2, 0) is 14.3 Å². The molecule has 9 heteroatoms. The summed E-state index contributed by atoms with van der Waals surface area (Å²) in [4.78, 5) is 28.0. The van der Waals surface area contributed by atoms with E-state index in [2.05, 4.69) is 10.2 Å². The number of nitrogens with two attached hydrogens (primary N) is 1. The van der Waals surface area contributed by atoms with Gasteiger partial charge in [-0.25, -0.2) is 0 Å². The lowest BCUT2D eigenvalue weighted by molar-refractivity contribution is -0.134. The van der Waals surface area contributed by atoms with Crippen molar-refractivity contribution in [1.82, 2.24) is 15.1 Å². The maximum atomic E-state index is 12.1. The first-order chi connectivity index (χ1) is 10.6. The highest BCUT2D eigenvalue weighted by Crippen LogP contribution is 2.08. The lowest BCUT2D eigenvalue weighted by Gasteiger charge is -2.37. The first-order valence-electron chi connectivity index (χ1n) is 8.08. The summed E-state index contributed by atoms with van der Waals surface area (Å²) in [5.41, 5.74) is 5.43. The molecule has 1 unspecified atom stereocenters. The van der Waals surface area contributed by atoms with E-state index in [1.54, 1.807) is 7.11 Å². The summed E-state index contributed by atoms with van der Waals surface area (Å²) >= 11 is 0. The number of piperazine rings is 1. The Morgan fingerprint density at radius 3 is 2.33 bits per heavy atom. The van der Waals surface area contributed by atoms with Gasteiger partial charge in [-0.1, -0.05) is 0 Å². The normalized spacial score (nSPS) is 15.9. The third-order valence-electron chi connectivity index (χ3n) is 4.01. The number of nitrogens with zero attached hydrogens (tertiary/aromatic N) is 2. The molecule has 0 spiro atoms. The molecule has 144 valence electrons. The minimum absolute atomic E-state index is 0. The quantitative estimate of drug-likeness (QED) is 0.554. The second-order valence-corrected chi connectivity index (χ2v) is 5.62. The van der Waals surface area contributed by atoms with Crippen LogP contribution in [0.5, 0.6) is 0 Å². The fraction of sp³-hybridized carbons (Fsp3) is 0.867. The summed E-state index contributed by atoms with van der Waals surface area (Å²) < 4.78 is 4.96. The van der Waals surface area contributed by atoms with Crippen LogP contribution < -0.4 is 11.1 Å². The largest absolute Gasteiger partial charge is 0.385 e. The molecule has 1 fully saturated rings. The molecule has 0 aromatic heterocycles. The number of amides is 2. The lowest BCUT2D eigenvalue weighted by atomic mass is 10.2. The molecular weight excluding hydrogens is 355 g/mol. The predicted molar refractivity (Wildman–Crippen MR) is 99.9 cm³/mol. The lowest BCUT2D eigenvalue weighted by Crippen LogP contribution is -2.55. The molecule has 2 amide bonds. The number of rotatable bonds is 9. The SMILES string of the molecule is COCCCNC(=O)C(C)N1CCN(C(=O)CCCN)CC1.Cl.Cl. The van der Waals surface area contributed by atoms with Gasteiger partial charge in [0.05, 0.1) is 6.04 Å². The highest BCUT2D eigenvalue weighted by molar-refractivity contribution is 5.85. The van der Waals surface area contributed by atoms with Gasteiger partial charge >= 0.3 is 0 Å². The number of halogens is 2. The van der Waals surface area contributed by atoms with Crippen LogP contribution in [0, 0.1) is 0 Å². The molecule has 1 atom stereocenters. The van der Waals surface area contributed by atoms with Crippen molar-refractivity contribution in [2.75, 3.05) is 53.0 Å². The summed E-state index contributed by atoms with van der Waals surface area (Å²) in [6.45, 7) is 6.59. The maximum absolute atomic E-state index is 12.1. The van der Waals surface area contributed by atoms with Gasteiger partial charge in [-0.15, -0.1) is 24.8 Å². The zero-order valence-corrected chi connectivity index (χ0v) is 16.3. The smallest absolute Gasteiger partial charge is 0.237 e. The van der Waals surface area contributed by atoms with Gasteiger partial charge in [0.2, 0.25) is 11.8 Å². The molecule has 24 heavy (non-hydrogen) atoms. The van der Waals surface area contributed by atoms with Crippen LogP contribution in [0.3, 0.4) is 0 Å². The summed E-state index contributed by atoms with van der Waals surface area (Å²) in [6.07, 6.45) is 2.07. The zero-order chi connectivity index (χ0) is 16.4. The first-order valence-corrected chi connectivity index (χ1v) is 8.08. The molecule has 1 aliphatic heterocycles. The van der Waals surface area contributed by atoms with Crippen molar-refractivity contribution in [2.24, 2.45) is 5.73 Å². The number of carbonyl (C=O) groups excluding carboxylic acids is 2. The summed E-state index contributed by atoms with van der Waals surface area (Å²) in [5, 5.41) is 2.92. The van der Waals surface area contributed by atoms with Crippen molar-refractivity contribution >= 4 is 36.6 Å². The molecule has 0 aromatic rings. The summed E-state index contributed by atoms with van der Waals surface area (Å²) in [7, 11) is 1.65. The van der Waals surface area contributed by atoms with Gasteiger partial charge in [-0.3, -0.25) is 14.5 Å². The van der Waals surface area contributed by atoms with Crippen molar-refractivity contribution in [1.29, 1.82) is 0 Å². The topological polar surface area (TPSA) is 87.9 Å². The van der Waals surface area contributed by atoms with Crippen molar-refractivity contribution in [3.8, 4) is 0 Å². The molecule has 1 aliphatic rings. The Kier molecular flexibility index (Phi) is 15.7. The molecule has 7 nitrogen and oxygen atoms in total. The van der Waals surface area contributed by atoms with Crippen LogP contribution in [0.15, 0.2) is 0 Å². The van der Waals surface area contributed by atoms with E-state index in [0.29, 0.717) is 39.2 Å². The summed E-state index contributed by atoms with van der Waals surface area (Å²) in [5.74, 6) is 0.209. The van der Waals surface area contributed by atoms with Crippen LogP contribution in [0.25, 0.3) is 0 Å². The molecule has 0 bridgehead atoms.